The first-order valence-electron chi connectivity index (χ1n) is 10.7. The number of benzene rings is 4. The van der Waals surface area contributed by atoms with E-state index in [4.69, 9.17) is 14.7 Å². The van der Waals surface area contributed by atoms with Crippen LogP contribution in [0.1, 0.15) is 0 Å². The lowest BCUT2D eigenvalue weighted by atomic mass is 10.1. The first-order valence-corrected chi connectivity index (χ1v) is 10.7. The number of nitrogens with zero attached hydrogens (tertiary/aromatic N) is 3. The molecule has 2 aliphatic rings. The van der Waals surface area contributed by atoms with Crippen LogP contribution in [0.15, 0.2) is 102 Å². The van der Waals surface area contributed by atoms with Gasteiger partial charge in [0.15, 0.2) is 0 Å². The second-order valence-corrected chi connectivity index (χ2v) is 7.50. The molecule has 5 rings (SSSR count). The number of hydrogen-bond donors (Lipinski definition) is 1. The first-order chi connectivity index (χ1) is 15.8. The van der Waals surface area contributed by atoms with Crippen molar-refractivity contribution in [3.05, 3.63) is 102 Å². The summed E-state index contributed by atoms with van der Waals surface area (Å²) in [7, 11) is 1.69. The van der Waals surface area contributed by atoms with Crippen molar-refractivity contribution in [2.45, 2.75) is 0 Å². The molecule has 0 unspecified atom stereocenters. The summed E-state index contributed by atoms with van der Waals surface area (Å²) < 4.78 is 7.48. The fourth-order valence-electron chi connectivity index (χ4n) is 3.86. The number of rotatable bonds is 6. The maximum atomic E-state index is 5.23. The van der Waals surface area contributed by atoms with E-state index in [0.29, 0.717) is 13.2 Å². The van der Waals surface area contributed by atoms with Crippen LogP contribution in [-0.2, 0) is 4.74 Å². The van der Waals surface area contributed by atoms with Gasteiger partial charge in [-0.2, -0.15) is 0 Å². The molecule has 3 aromatic rings. The van der Waals surface area contributed by atoms with Gasteiger partial charge < -0.3 is 14.6 Å². The number of fused-ring (bicyclic) bond motifs is 2. The average molecular weight is 421 g/mol. The number of para-hydroxylation sites is 4. The summed E-state index contributed by atoms with van der Waals surface area (Å²) in [5.74, 6) is 0. The monoisotopic (exact) mass is 420 g/mol. The van der Waals surface area contributed by atoms with E-state index in [1.165, 1.54) is 0 Å². The van der Waals surface area contributed by atoms with Gasteiger partial charge in [0, 0.05) is 18.5 Å². The molecule has 5 nitrogen and oxygen atoms in total. The van der Waals surface area contributed by atoms with Crippen LogP contribution in [0.5, 0.6) is 0 Å². The van der Waals surface area contributed by atoms with Crippen molar-refractivity contribution in [2.75, 3.05) is 25.6 Å². The highest BCUT2D eigenvalue weighted by molar-refractivity contribution is 5.84. The fourth-order valence-corrected chi connectivity index (χ4v) is 3.86. The van der Waals surface area contributed by atoms with Crippen LogP contribution in [0.2, 0.25) is 0 Å². The van der Waals surface area contributed by atoms with Crippen LogP contribution in [0.25, 0.3) is 28.1 Å². The lowest BCUT2D eigenvalue weighted by molar-refractivity contribution is 0.207. The predicted octanol–water partition coefficient (Wildman–Crippen LogP) is 5.42. The Morgan fingerprint density at radius 1 is 0.875 bits per heavy atom. The van der Waals surface area contributed by atoms with Gasteiger partial charge in [0.25, 0.3) is 0 Å². The lowest BCUT2D eigenvalue weighted by Crippen LogP contribution is -2.16. The van der Waals surface area contributed by atoms with Crippen LogP contribution in [0, 0.1) is 0 Å². The molecule has 0 amide bonds. The molecular formula is C27H24N4O. The molecule has 3 aromatic carbocycles. The van der Waals surface area contributed by atoms with E-state index >= 15 is 0 Å². The van der Waals surface area contributed by atoms with E-state index in [9.17, 15) is 0 Å². The Balaban J connectivity index is 1.79. The zero-order chi connectivity index (χ0) is 21.8. The molecule has 0 atom stereocenters. The Kier molecular flexibility index (Phi) is 5.64. The van der Waals surface area contributed by atoms with E-state index in [1.54, 1.807) is 7.11 Å². The summed E-state index contributed by atoms with van der Waals surface area (Å²) in [6.07, 6.45) is 0. The number of ether oxygens (including phenoxy) is 1. The SMILES string of the molecule is COCCN=c1cc2n(-c3ccccc3)c3ccccc3nc-2cc1Nc1ccccc1. The smallest absolute Gasteiger partial charge is 0.0900 e. The zero-order valence-corrected chi connectivity index (χ0v) is 17.9. The molecule has 32 heavy (non-hydrogen) atoms. The summed E-state index contributed by atoms with van der Waals surface area (Å²) in [4.78, 5) is 9.80. The van der Waals surface area contributed by atoms with E-state index in [-0.39, 0.29) is 0 Å². The Bertz CT molecular complexity index is 1380. The van der Waals surface area contributed by atoms with E-state index in [0.717, 1.165) is 44.8 Å². The standard InChI is InChI=1S/C27H24N4O/c1-32-17-16-28-23-19-27-25(18-24(23)29-20-10-4-2-5-11-20)30-22-14-8-9-15-26(22)31(27)21-12-6-3-7-13-21/h2-15,18-19,29H,16-17H2,1H3. The van der Waals surface area contributed by atoms with Crippen molar-refractivity contribution in [1.29, 1.82) is 0 Å². The van der Waals surface area contributed by atoms with Crippen molar-refractivity contribution in [3.8, 4) is 17.1 Å². The molecule has 0 radical (unpaired) electrons. The highest BCUT2D eigenvalue weighted by atomic mass is 16.5. The second-order valence-electron chi connectivity index (χ2n) is 7.50. The van der Waals surface area contributed by atoms with Crippen molar-refractivity contribution in [3.63, 3.8) is 0 Å². The Morgan fingerprint density at radius 2 is 1.59 bits per heavy atom. The summed E-state index contributed by atoms with van der Waals surface area (Å²) in [6.45, 7) is 1.15. The molecule has 158 valence electrons. The van der Waals surface area contributed by atoms with Crippen LogP contribution < -0.4 is 10.7 Å². The van der Waals surface area contributed by atoms with Gasteiger partial charge in [0.05, 0.1) is 46.6 Å². The summed E-state index contributed by atoms with van der Waals surface area (Å²) in [5.41, 5.74) is 6.91. The molecule has 0 fully saturated rings. The molecule has 0 spiro atoms. The van der Waals surface area contributed by atoms with Gasteiger partial charge >= 0.3 is 0 Å². The number of anilines is 2. The van der Waals surface area contributed by atoms with Crippen molar-refractivity contribution < 1.29 is 4.74 Å². The number of nitrogens with one attached hydrogen (secondary N) is 1. The maximum Gasteiger partial charge on any atom is 0.0900 e. The molecular weight excluding hydrogens is 396 g/mol. The van der Waals surface area contributed by atoms with Gasteiger partial charge in [0.2, 0.25) is 0 Å². The van der Waals surface area contributed by atoms with Crippen molar-refractivity contribution in [2.24, 2.45) is 4.99 Å². The van der Waals surface area contributed by atoms with Crippen LogP contribution in [0.3, 0.4) is 0 Å². The highest BCUT2D eigenvalue weighted by Crippen LogP contribution is 2.30. The Hall–Kier alpha value is -3.96. The summed E-state index contributed by atoms with van der Waals surface area (Å²) in [6, 6.07) is 32.9. The third-order valence-corrected chi connectivity index (χ3v) is 5.34. The second kappa shape index (κ2) is 9.04. The average Bonchev–Trinajstić information content (AvgIpc) is 2.84. The minimum atomic E-state index is 0.567. The number of methoxy groups -OCH3 is 1. The molecule has 0 saturated carbocycles. The molecule has 5 heteroatoms. The Morgan fingerprint density at radius 3 is 2.38 bits per heavy atom. The molecule has 1 heterocycles. The van der Waals surface area contributed by atoms with E-state index in [2.05, 4.69) is 58.4 Å². The summed E-state index contributed by atoms with van der Waals surface area (Å²) in [5, 5.41) is 4.39. The zero-order valence-electron chi connectivity index (χ0n) is 17.9. The van der Waals surface area contributed by atoms with E-state index < -0.39 is 0 Å². The van der Waals surface area contributed by atoms with Gasteiger partial charge in [-0.1, -0.05) is 48.5 Å². The fraction of sp³-hybridized carbons (Fsp3) is 0.111. The third-order valence-electron chi connectivity index (χ3n) is 5.34. The van der Waals surface area contributed by atoms with Crippen LogP contribution in [0.4, 0.5) is 11.4 Å². The molecule has 1 aliphatic heterocycles. The maximum absolute atomic E-state index is 5.23. The van der Waals surface area contributed by atoms with Gasteiger partial charge in [-0.05, 0) is 48.5 Å². The molecule has 1 aliphatic carbocycles. The minimum absolute atomic E-state index is 0.567. The van der Waals surface area contributed by atoms with Gasteiger partial charge in [-0.3, -0.25) is 4.99 Å². The minimum Gasteiger partial charge on any atom is -0.383 e. The Labute approximate surface area is 187 Å². The third kappa shape index (κ3) is 3.98. The van der Waals surface area contributed by atoms with Gasteiger partial charge in [-0.25, -0.2) is 4.98 Å². The van der Waals surface area contributed by atoms with Gasteiger partial charge in [0.1, 0.15) is 0 Å². The molecule has 1 N–H and O–H groups in total. The quantitative estimate of drug-likeness (QED) is 0.295. The first kappa shape index (κ1) is 20.0. The van der Waals surface area contributed by atoms with Crippen LogP contribution in [-0.4, -0.2) is 29.8 Å². The summed E-state index contributed by atoms with van der Waals surface area (Å²) >= 11 is 0. The lowest BCUT2D eigenvalue weighted by Gasteiger charge is -2.20. The number of aromatic nitrogens is 2. The highest BCUT2D eigenvalue weighted by Gasteiger charge is 2.16. The van der Waals surface area contributed by atoms with Crippen molar-refractivity contribution >= 4 is 22.4 Å². The van der Waals surface area contributed by atoms with Crippen molar-refractivity contribution in [1.82, 2.24) is 9.55 Å². The largest absolute Gasteiger partial charge is 0.383 e. The van der Waals surface area contributed by atoms with E-state index in [1.807, 2.05) is 48.5 Å². The van der Waals surface area contributed by atoms with Gasteiger partial charge in [-0.15, -0.1) is 0 Å². The topological polar surface area (TPSA) is 51.4 Å². The molecule has 0 bridgehead atoms. The normalized spacial score (nSPS) is 11.8. The molecule has 0 saturated heterocycles. The number of hydrogen-bond acceptors (Lipinski definition) is 4. The molecule has 0 aromatic heterocycles. The predicted molar refractivity (Wildman–Crippen MR) is 130 cm³/mol. The van der Waals surface area contributed by atoms with Crippen LogP contribution >= 0.6 is 0 Å².